The predicted molar refractivity (Wildman–Crippen MR) is 66.9 cm³/mol. The first-order valence-corrected chi connectivity index (χ1v) is 7.31. The monoisotopic (exact) mass is 234 g/mol. The SMILES string of the molecule is c1cc2c(s1)C1(CCN3CCC1C3)NCC2. The standard InChI is InChI=1S/C13H18N2S/c1-5-14-13(12-10(1)3-8-16-12)4-7-15-6-2-11(13)9-15/h3,8,11,14H,1-2,4-7,9H2. The fourth-order valence-corrected chi connectivity index (χ4v) is 5.17. The van der Waals surface area contributed by atoms with Crippen molar-refractivity contribution in [2.24, 2.45) is 5.92 Å². The highest BCUT2D eigenvalue weighted by Crippen LogP contribution is 2.47. The molecule has 86 valence electrons. The predicted octanol–water partition coefficient (Wildman–Crippen LogP) is 1.81. The van der Waals surface area contributed by atoms with Crippen LogP contribution in [0, 0.1) is 5.92 Å². The molecule has 4 heterocycles. The van der Waals surface area contributed by atoms with Gasteiger partial charge in [-0.2, -0.15) is 0 Å². The van der Waals surface area contributed by atoms with Gasteiger partial charge in [0.05, 0.1) is 5.54 Å². The Morgan fingerprint density at radius 1 is 1.44 bits per heavy atom. The van der Waals surface area contributed by atoms with Crippen LogP contribution in [0.25, 0.3) is 0 Å². The topological polar surface area (TPSA) is 15.3 Å². The lowest BCUT2D eigenvalue weighted by atomic mass is 9.74. The number of piperidine rings is 1. The average Bonchev–Trinajstić information content (AvgIpc) is 2.93. The van der Waals surface area contributed by atoms with Crippen LogP contribution >= 0.6 is 11.3 Å². The first-order chi connectivity index (χ1) is 7.88. The van der Waals surface area contributed by atoms with Crippen LogP contribution in [0.4, 0.5) is 0 Å². The molecule has 1 aromatic rings. The second-order valence-corrected chi connectivity index (χ2v) is 6.38. The van der Waals surface area contributed by atoms with E-state index < -0.39 is 0 Å². The quantitative estimate of drug-likeness (QED) is 0.736. The first-order valence-electron chi connectivity index (χ1n) is 6.43. The van der Waals surface area contributed by atoms with Crippen LogP contribution in [-0.2, 0) is 12.0 Å². The molecule has 3 aliphatic rings. The number of thiophene rings is 1. The molecule has 3 aliphatic heterocycles. The van der Waals surface area contributed by atoms with Crippen LogP contribution in [-0.4, -0.2) is 31.1 Å². The summed E-state index contributed by atoms with van der Waals surface area (Å²) in [6.07, 6.45) is 3.95. The van der Waals surface area contributed by atoms with Crippen molar-refractivity contribution >= 4 is 11.3 Å². The molecule has 4 rings (SSSR count). The summed E-state index contributed by atoms with van der Waals surface area (Å²) < 4.78 is 0. The lowest BCUT2D eigenvalue weighted by Gasteiger charge is -2.46. The minimum Gasteiger partial charge on any atom is -0.306 e. The van der Waals surface area contributed by atoms with Gasteiger partial charge < -0.3 is 10.2 Å². The van der Waals surface area contributed by atoms with Crippen molar-refractivity contribution in [1.29, 1.82) is 0 Å². The second-order valence-electron chi connectivity index (χ2n) is 5.46. The second kappa shape index (κ2) is 3.31. The molecule has 1 aromatic heterocycles. The van der Waals surface area contributed by atoms with Gasteiger partial charge in [0, 0.05) is 24.5 Å². The van der Waals surface area contributed by atoms with Crippen molar-refractivity contribution in [2.45, 2.75) is 24.8 Å². The van der Waals surface area contributed by atoms with E-state index in [1.54, 1.807) is 10.4 Å². The summed E-state index contributed by atoms with van der Waals surface area (Å²) in [7, 11) is 0. The molecule has 0 amide bonds. The molecule has 0 saturated carbocycles. The zero-order chi connectivity index (χ0) is 10.6. The Kier molecular flexibility index (Phi) is 1.99. The average molecular weight is 234 g/mol. The van der Waals surface area contributed by atoms with E-state index in [2.05, 4.69) is 21.7 Å². The lowest BCUT2D eigenvalue weighted by molar-refractivity contribution is 0.127. The van der Waals surface area contributed by atoms with Crippen molar-refractivity contribution < 1.29 is 0 Å². The van der Waals surface area contributed by atoms with Crippen LogP contribution in [0.1, 0.15) is 23.3 Å². The fourth-order valence-electron chi connectivity index (χ4n) is 3.93. The zero-order valence-corrected chi connectivity index (χ0v) is 10.4. The van der Waals surface area contributed by atoms with E-state index in [-0.39, 0.29) is 0 Å². The van der Waals surface area contributed by atoms with E-state index in [4.69, 9.17) is 0 Å². The third kappa shape index (κ3) is 1.14. The highest BCUT2D eigenvalue weighted by atomic mass is 32.1. The molecule has 3 unspecified atom stereocenters. The molecule has 1 spiro atoms. The smallest absolute Gasteiger partial charge is 0.0585 e. The summed E-state index contributed by atoms with van der Waals surface area (Å²) >= 11 is 1.99. The molecule has 0 aromatic carbocycles. The van der Waals surface area contributed by atoms with E-state index in [9.17, 15) is 0 Å². The van der Waals surface area contributed by atoms with Gasteiger partial charge in [-0.3, -0.25) is 0 Å². The summed E-state index contributed by atoms with van der Waals surface area (Å²) in [6.45, 7) is 5.13. The van der Waals surface area contributed by atoms with Gasteiger partial charge in [-0.25, -0.2) is 0 Å². The largest absolute Gasteiger partial charge is 0.306 e. The molecule has 16 heavy (non-hydrogen) atoms. The van der Waals surface area contributed by atoms with Crippen molar-refractivity contribution in [3.63, 3.8) is 0 Å². The zero-order valence-electron chi connectivity index (χ0n) is 9.54. The van der Waals surface area contributed by atoms with Gasteiger partial charge in [0.15, 0.2) is 0 Å². The molecule has 0 aliphatic carbocycles. The van der Waals surface area contributed by atoms with E-state index in [1.165, 1.54) is 45.4 Å². The van der Waals surface area contributed by atoms with Gasteiger partial charge in [0.25, 0.3) is 0 Å². The van der Waals surface area contributed by atoms with E-state index >= 15 is 0 Å². The Hall–Kier alpha value is -0.380. The Balaban J connectivity index is 1.82. The highest BCUT2D eigenvalue weighted by Gasteiger charge is 2.49. The van der Waals surface area contributed by atoms with E-state index in [1.807, 2.05) is 11.3 Å². The van der Waals surface area contributed by atoms with Gasteiger partial charge in [-0.05, 0) is 48.7 Å². The molecule has 0 radical (unpaired) electrons. The van der Waals surface area contributed by atoms with Crippen molar-refractivity contribution in [3.8, 4) is 0 Å². The Morgan fingerprint density at radius 3 is 3.44 bits per heavy atom. The van der Waals surface area contributed by atoms with E-state index in [0.29, 0.717) is 5.54 Å². The summed E-state index contributed by atoms with van der Waals surface area (Å²) in [4.78, 5) is 4.31. The molecule has 3 heteroatoms. The summed E-state index contributed by atoms with van der Waals surface area (Å²) in [5.41, 5.74) is 1.98. The third-order valence-electron chi connectivity index (χ3n) is 4.78. The summed E-state index contributed by atoms with van der Waals surface area (Å²) in [5.74, 6) is 0.860. The molecule has 2 nitrogen and oxygen atoms in total. The molecule has 2 bridgehead atoms. The maximum absolute atomic E-state index is 3.89. The van der Waals surface area contributed by atoms with Crippen LogP contribution in [0.2, 0.25) is 0 Å². The number of hydrogen-bond acceptors (Lipinski definition) is 3. The maximum atomic E-state index is 3.89. The molecule has 3 atom stereocenters. The number of fused-ring (bicyclic) bond motifs is 5. The first kappa shape index (κ1) is 9.63. The van der Waals surface area contributed by atoms with Gasteiger partial charge in [-0.1, -0.05) is 0 Å². The number of rotatable bonds is 0. The Labute approximate surface area is 101 Å². The maximum Gasteiger partial charge on any atom is 0.0585 e. The van der Waals surface area contributed by atoms with E-state index in [0.717, 1.165) is 5.92 Å². The number of hydrogen-bond donors (Lipinski definition) is 1. The van der Waals surface area contributed by atoms with Crippen molar-refractivity contribution in [3.05, 3.63) is 21.9 Å². The van der Waals surface area contributed by atoms with Gasteiger partial charge in [0.1, 0.15) is 0 Å². The molecule has 1 N–H and O–H groups in total. The van der Waals surface area contributed by atoms with Gasteiger partial charge in [0.2, 0.25) is 0 Å². The lowest BCUT2D eigenvalue weighted by Crippen LogP contribution is -2.56. The van der Waals surface area contributed by atoms with Crippen LogP contribution in [0.15, 0.2) is 11.4 Å². The minimum absolute atomic E-state index is 0.356. The van der Waals surface area contributed by atoms with Crippen molar-refractivity contribution in [2.75, 3.05) is 26.2 Å². The third-order valence-corrected chi connectivity index (χ3v) is 5.91. The Morgan fingerprint density at radius 2 is 2.44 bits per heavy atom. The van der Waals surface area contributed by atoms with Crippen LogP contribution < -0.4 is 5.32 Å². The fraction of sp³-hybridized carbons (Fsp3) is 0.692. The number of nitrogens with one attached hydrogen (secondary N) is 1. The van der Waals surface area contributed by atoms with Crippen molar-refractivity contribution in [1.82, 2.24) is 10.2 Å². The Bertz CT molecular complexity index is 414. The van der Waals surface area contributed by atoms with Crippen LogP contribution in [0.5, 0.6) is 0 Å². The number of nitrogens with zero attached hydrogens (tertiary/aromatic N) is 1. The highest BCUT2D eigenvalue weighted by molar-refractivity contribution is 7.10. The molecule has 2 fully saturated rings. The van der Waals surface area contributed by atoms with Gasteiger partial charge in [-0.15, -0.1) is 11.3 Å². The normalized spacial score (nSPS) is 41.2. The van der Waals surface area contributed by atoms with Crippen LogP contribution in [0.3, 0.4) is 0 Å². The van der Waals surface area contributed by atoms with Gasteiger partial charge >= 0.3 is 0 Å². The molecular weight excluding hydrogens is 216 g/mol. The summed E-state index contributed by atoms with van der Waals surface area (Å²) in [6, 6.07) is 2.35. The molecule has 2 saturated heterocycles. The minimum atomic E-state index is 0.356. The molecular formula is C13H18N2S. The summed E-state index contributed by atoms with van der Waals surface area (Å²) in [5, 5.41) is 6.18.